The minimum atomic E-state index is -0.0871. The monoisotopic (exact) mass is 326 g/mol. The van der Waals surface area contributed by atoms with Crippen LogP contribution in [0.3, 0.4) is 0 Å². The fraction of sp³-hybridized carbons (Fsp3) is 0.474. The van der Waals surface area contributed by atoms with Gasteiger partial charge >= 0.3 is 5.69 Å². The zero-order chi connectivity index (χ0) is 16.8. The number of piperidine rings is 1. The standard InChI is InChI=1S/C19H26N4O/c1-2-23-18(20-21-19(23)24)15-17-10-13-22(14-11-17)12-6-9-16-7-4-3-5-8-16/h3-9,17H,2,10-15H2,1H3,(H,21,24). The van der Waals surface area contributed by atoms with Gasteiger partial charge in [0.2, 0.25) is 0 Å². The van der Waals surface area contributed by atoms with E-state index < -0.39 is 0 Å². The molecular formula is C19H26N4O. The zero-order valence-electron chi connectivity index (χ0n) is 14.3. The van der Waals surface area contributed by atoms with Crippen LogP contribution in [0, 0.1) is 5.92 Å². The molecule has 0 saturated carbocycles. The normalized spacial score (nSPS) is 16.9. The quantitative estimate of drug-likeness (QED) is 0.887. The Balaban J connectivity index is 1.46. The van der Waals surface area contributed by atoms with E-state index >= 15 is 0 Å². The highest BCUT2D eigenvalue weighted by Gasteiger charge is 2.21. The Morgan fingerprint density at radius 2 is 2.00 bits per heavy atom. The molecule has 1 N–H and O–H groups in total. The zero-order valence-corrected chi connectivity index (χ0v) is 14.3. The summed E-state index contributed by atoms with van der Waals surface area (Å²) in [6.07, 6.45) is 7.68. The van der Waals surface area contributed by atoms with Crippen LogP contribution in [-0.2, 0) is 13.0 Å². The van der Waals surface area contributed by atoms with E-state index in [1.54, 1.807) is 4.57 Å². The van der Waals surface area contributed by atoms with Crippen molar-refractivity contribution in [1.29, 1.82) is 0 Å². The number of aromatic amines is 1. The lowest BCUT2D eigenvalue weighted by Crippen LogP contribution is -2.34. The molecule has 5 heteroatoms. The third-order valence-corrected chi connectivity index (χ3v) is 4.81. The molecule has 5 nitrogen and oxygen atoms in total. The van der Waals surface area contributed by atoms with Gasteiger partial charge in [-0.25, -0.2) is 9.89 Å². The number of nitrogens with one attached hydrogen (secondary N) is 1. The summed E-state index contributed by atoms with van der Waals surface area (Å²) in [5.41, 5.74) is 1.17. The van der Waals surface area contributed by atoms with E-state index in [-0.39, 0.29) is 5.69 Å². The number of hydrogen-bond donors (Lipinski definition) is 1. The molecule has 1 saturated heterocycles. The third kappa shape index (κ3) is 4.23. The second-order valence-electron chi connectivity index (χ2n) is 6.45. The van der Waals surface area contributed by atoms with Gasteiger partial charge < -0.3 is 0 Å². The fourth-order valence-electron chi connectivity index (χ4n) is 3.37. The van der Waals surface area contributed by atoms with Crippen molar-refractivity contribution in [2.75, 3.05) is 19.6 Å². The van der Waals surface area contributed by atoms with E-state index in [1.165, 1.54) is 18.4 Å². The molecule has 0 aliphatic carbocycles. The lowest BCUT2D eigenvalue weighted by atomic mass is 9.93. The Kier molecular flexibility index (Phi) is 5.64. The predicted molar refractivity (Wildman–Crippen MR) is 96.9 cm³/mol. The van der Waals surface area contributed by atoms with Gasteiger partial charge in [-0.15, -0.1) is 0 Å². The average molecular weight is 326 g/mol. The van der Waals surface area contributed by atoms with Crippen molar-refractivity contribution in [3.63, 3.8) is 0 Å². The molecule has 0 atom stereocenters. The van der Waals surface area contributed by atoms with E-state index in [9.17, 15) is 4.79 Å². The molecule has 0 amide bonds. The molecule has 2 aromatic rings. The van der Waals surface area contributed by atoms with Gasteiger partial charge in [-0.2, -0.15) is 5.10 Å². The van der Waals surface area contributed by atoms with Crippen molar-refractivity contribution in [1.82, 2.24) is 19.7 Å². The maximum absolute atomic E-state index is 11.6. The van der Waals surface area contributed by atoms with E-state index in [0.29, 0.717) is 12.5 Å². The molecule has 2 heterocycles. The second kappa shape index (κ2) is 8.11. The summed E-state index contributed by atoms with van der Waals surface area (Å²) < 4.78 is 1.75. The van der Waals surface area contributed by atoms with Crippen LogP contribution in [0.15, 0.2) is 41.2 Å². The molecule has 128 valence electrons. The Labute approximate surface area is 143 Å². The molecule has 0 spiro atoms. The van der Waals surface area contributed by atoms with Gasteiger partial charge in [0, 0.05) is 19.5 Å². The first-order valence-electron chi connectivity index (χ1n) is 8.84. The summed E-state index contributed by atoms with van der Waals surface area (Å²) in [5, 5.41) is 6.75. The van der Waals surface area contributed by atoms with Crippen molar-refractivity contribution in [2.24, 2.45) is 5.92 Å². The highest BCUT2D eigenvalue weighted by Crippen LogP contribution is 2.20. The summed E-state index contributed by atoms with van der Waals surface area (Å²) in [6.45, 7) is 5.91. The van der Waals surface area contributed by atoms with Crippen molar-refractivity contribution in [2.45, 2.75) is 32.7 Å². The first-order chi connectivity index (χ1) is 11.8. The number of rotatable bonds is 6. The number of likely N-dealkylation sites (tertiary alicyclic amines) is 1. The third-order valence-electron chi connectivity index (χ3n) is 4.81. The fourth-order valence-corrected chi connectivity index (χ4v) is 3.37. The summed E-state index contributed by atoms with van der Waals surface area (Å²) in [6, 6.07) is 10.4. The van der Waals surface area contributed by atoms with Crippen molar-refractivity contribution >= 4 is 6.08 Å². The Hall–Kier alpha value is -2.14. The van der Waals surface area contributed by atoms with E-state index in [2.05, 4.69) is 51.5 Å². The first-order valence-corrected chi connectivity index (χ1v) is 8.84. The largest absolute Gasteiger partial charge is 0.343 e. The van der Waals surface area contributed by atoms with Gasteiger partial charge in [-0.05, 0) is 44.3 Å². The van der Waals surface area contributed by atoms with Crippen LogP contribution in [0.2, 0.25) is 0 Å². The van der Waals surface area contributed by atoms with Crippen LogP contribution in [0.1, 0.15) is 31.2 Å². The van der Waals surface area contributed by atoms with Crippen LogP contribution in [0.5, 0.6) is 0 Å². The predicted octanol–water partition coefficient (Wildman–Crippen LogP) is 2.56. The van der Waals surface area contributed by atoms with Gasteiger partial charge in [0.1, 0.15) is 5.82 Å². The molecule has 1 fully saturated rings. The number of hydrogen-bond acceptors (Lipinski definition) is 3. The number of nitrogens with zero attached hydrogens (tertiary/aromatic N) is 3. The first kappa shape index (κ1) is 16.7. The lowest BCUT2D eigenvalue weighted by Gasteiger charge is -2.30. The average Bonchev–Trinajstić information content (AvgIpc) is 2.97. The molecule has 0 bridgehead atoms. The summed E-state index contributed by atoms with van der Waals surface area (Å²) >= 11 is 0. The summed E-state index contributed by atoms with van der Waals surface area (Å²) in [4.78, 5) is 14.1. The highest BCUT2D eigenvalue weighted by atomic mass is 16.1. The van der Waals surface area contributed by atoms with E-state index in [0.717, 1.165) is 31.9 Å². The molecule has 24 heavy (non-hydrogen) atoms. The van der Waals surface area contributed by atoms with E-state index in [4.69, 9.17) is 0 Å². The molecule has 1 aliphatic heterocycles. The number of H-pyrrole nitrogens is 1. The van der Waals surface area contributed by atoms with Gasteiger partial charge in [-0.1, -0.05) is 42.5 Å². The van der Waals surface area contributed by atoms with E-state index in [1.807, 2.05) is 13.0 Å². The topological polar surface area (TPSA) is 53.9 Å². The molecule has 3 rings (SSSR count). The summed E-state index contributed by atoms with van der Waals surface area (Å²) in [5.74, 6) is 1.53. The SMILES string of the molecule is CCn1c(CC2CCN(CC=Cc3ccccc3)CC2)n[nH]c1=O. The molecule has 0 radical (unpaired) electrons. The Morgan fingerprint density at radius 3 is 2.71 bits per heavy atom. The molecule has 1 aromatic carbocycles. The molecule has 1 aromatic heterocycles. The molecular weight excluding hydrogens is 300 g/mol. The summed E-state index contributed by atoms with van der Waals surface area (Å²) in [7, 11) is 0. The minimum absolute atomic E-state index is 0.0871. The highest BCUT2D eigenvalue weighted by molar-refractivity contribution is 5.48. The van der Waals surface area contributed by atoms with Gasteiger partial charge in [0.05, 0.1) is 0 Å². The molecule has 0 unspecified atom stereocenters. The number of benzene rings is 1. The van der Waals surface area contributed by atoms with Crippen LogP contribution in [0.25, 0.3) is 6.08 Å². The second-order valence-corrected chi connectivity index (χ2v) is 6.45. The van der Waals surface area contributed by atoms with Crippen molar-refractivity contribution < 1.29 is 0 Å². The van der Waals surface area contributed by atoms with Crippen molar-refractivity contribution in [3.05, 3.63) is 58.3 Å². The van der Waals surface area contributed by atoms with Crippen LogP contribution >= 0.6 is 0 Å². The Morgan fingerprint density at radius 1 is 1.25 bits per heavy atom. The minimum Gasteiger partial charge on any atom is -0.300 e. The maximum atomic E-state index is 11.6. The van der Waals surface area contributed by atoms with Gasteiger partial charge in [0.15, 0.2) is 0 Å². The van der Waals surface area contributed by atoms with Crippen LogP contribution < -0.4 is 5.69 Å². The van der Waals surface area contributed by atoms with Crippen LogP contribution in [0.4, 0.5) is 0 Å². The number of aromatic nitrogens is 3. The molecule has 1 aliphatic rings. The smallest absolute Gasteiger partial charge is 0.300 e. The maximum Gasteiger partial charge on any atom is 0.343 e. The lowest BCUT2D eigenvalue weighted by molar-refractivity contribution is 0.198. The van der Waals surface area contributed by atoms with Gasteiger partial charge in [-0.3, -0.25) is 9.47 Å². The Bertz CT molecular complexity index is 708. The van der Waals surface area contributed by atoms with Crippen LogP contribution in [-0.4, -0.2) is 39.3 Å². The van der Waals surface area contributed by atoms with Crippen molar-refractivity contribution in [3.8, 4) is 0 Å². The van der Waals surface area contributed by atoms with Gasteiger partial charge in [0.25, 0.3) is 0 Å².